The van der Waals surface area contributed by atoms with Crippen molar-refractivity contribution in [3.8, 4) is 34.1 Å². The summed E-state index contributed by atoms with van der Waals surface area (Å²) in [5, 5.41) is 1.41. The Kier molecular flexibility index (Phi) is 5.34. The maximum absolute atomic E-state index is 12.7. The van der Waals surface area contributed by atoms with Crippen LogP contribution in [-0.2, 0) is 18.0 Å². The number of halogens is 1. The van der Waals surface area contributed by atoms with Crippen LogP contribution in [0.3, 0.4) is 0 Å². The lowest BCUT2D eigenvalue weighted by Crippen LogP contribution is -2.15. The van der Waals surface area contributed by atoms with Crippen LogP contribution in [0.4, 0.5) is 0 Å². The number of ether oxygens (including phenoxy) is 5. The summed E-state index contributed by atoms with van der Waals surface area (Å²) in [5.41, 5.74) is 4.18. The molecule has 3 heterocycles. The number of nitrogens with zero attached hydrogens (tertiary/aromatic N) is 1. The predicted molar refractivity (Wildman–Crippen MR) is 130 cm³/mol. The molecular weight excluding hydrogens is 470 g/mol. The summed E-state index contributed by atoms with van der Waals surface area (Å²) in [7, 11) is 1.58. The van der Waals surface area contributed by atoms with Gasteiger partial charge in [-0.2, -0.15) is 0 Å². The fourth-order valence-corrected chi connectivity index (χ4v) is 4.49. The maximum atomic E-state index is 12.7. The van der Waals surface area contributed by atoms with Crippen LogP contribution in [0.1, 0.15) is 21.6 Å². The van der Waals surface area contributed by atoms with Gasteiger partial charge in [0.05, 0.1) is 23.9 Å². The monoisotopic (exact) mass is 489 g/mol. The molecule has 0 spiro atoms. The van der Waals surface area contributed by atoms with E-state index in [2.05, 4.69) is 0 Å². The van der Waals surface area contributed by atoms with Crippen LogP contribution in [0.25, 0.3) is 22.0 Å². The largest absolute Gasteiger partial charge is 0.493 e. The van der Waals surface area contributed by atoms with E-state index in [1.807, 2.05) is 54.6 Å². The summed E-state index contributed by atoms with van der Waals surface area (Å²) in [6.45, 7) is 1.42. The van der Waals surface area contributed by atoms with Gasteiger partial charge in [0, 0.05) is 22.0 Å². The van der Waals surface area contributed by atoms with Gasteiger partial charge in [-0.15, -0.1) is 0 Å². The van der Waals surface area contributed by atoms with Gasteiger partial charge in [-0.3, -0.25) is 0 Å². The van der Waals surface area contributed by atoms with E-state index in [-0.39, 0.29) is 6.61 Å². The highest BCUT2D eigenvalue weighted by Crippen LogP contribution is 2.43. The van der Waals surface area contributed by atoms with Crippen molar-refractivity contribution in [3.63, 3.8) is 0 Å². The normalized spacial score (nSPS) is 13.9. The Morgan fingerprint density at radius 2 is 1.71 bits per heavy atom. The van der Waals surface area contributed by atoms with Crippen molar-refractivity contribution in [1.29, 1.82) is 0 Å². The molecule has 176 valence electrons. The van der Waals surface area contributed by atoms with Crippen LogP contribution in [-0.4, -0.2) is 31.3 Å². The first-order valence-electron chi connectivity index (χ1n) is 11.1. The molecule has 2 aliphatic heterocycles. The molecule has 2 aliphatic rings. The maximum Gasteiger partial charge on any atom is 0.341 e. The minimum atomic E-state index is -0.402. The van der Waals surface area contributed by atoms with Gasteiger partial charge in [0.15, 0.2) is 23.0 Å². The predicted octanol–water partition coefficient (Wildman–Crippen LogP) is 5.58. The Balaban J connectivity index is 1.48. The van der Waals surface area contributed by atoms with E-state index in [0.717, 1.165) is 16.5 Å². The van der Waals surface area contributed by atoms with Crippen LogP contribution >= 0.6 is 11.6 Å². The van der Waals surface area contributed by atoms with Crippen molar-refractivity contribution in [1.82, 2.24) is 4.98 Å². The van der Waals surface area contributed by atoms with E-state index < -0.39 is 5.97 Å². The fraction of sp³-hybridized carbons (Fsp3) is 0.185. The lowest BCUT2D eigenvalue weighted by molar-refractivity contribution is 0.0534. The van der Waals surface area contributed by atoms with Crippen LogP contribution < -0.4 is 18.9 Å². The third-order valence-electron chi connectivity index (χ3n) is 6.03. The molecule has 0 saturated carbocycles. The number of benzene rings is 3. The Bertz CT molecular complexity index is 1470. The number of aromatic nitrogens is 1. The highest BCUT2D eigenvalue weighted by molar-refractivity contribution is 6.30. The van der Waals surface area contributed by atoms with E-state index in [4.69, 9.17) is 40.3 Å². The zero-order chi connectivity index (χ0) is 23.9. The molecule has 0 radical (unpaired) electrons. The number of fused-ring (bicyclic) bond motifs is 3. The Hall–Kier alpha value is -3.97. The molecule has 0 aliphatic carbocycles. The first-order chi connectivity index (χ1) is 17.1. The smallest absolute Gasteiger partial charge is 0.341 e. The molecule has 7 nitrogen and oxygen atoms in total. The molecule has 0 unspecified atom stereocenters. The molecule has 0 bridgehead atoms. The van der Waals surface area contributed by atoms with Gasteiger partial charge in [0.2, 0.25) is 0 Å². The number of hydrogen-bond donors (Lipinski definition) is 0. The van der Waals surface area contributed by atoms with Gasteiger partial charge in [-0.25, -0.2) is 9.78 Å². The number of methoxy groups -OCH3 is 1. The van der Waals surface area contributed by atoms with Crippen molar-refractivity contribution >= 4 is 28.5 Å². The van der Waals surface area contributed by atoms with Crippen LogP contribution in [0.5, 0.6) is 23.0 Å². The number of carbonyl (C=O) groups is 1. The van der Waals surface area contributed by atoms with Gasteiger partial charge >= 0.3 is 5.97 Å². The van der Waals surface area contributed by atoms with Crippen LogP contribution in [0, 0.1) is 0 Å². The molecule has 0 saturated heterocycles. The number of cyclic esters (lactones) is 1. The average Bonchev–Trinajstić information content (AvgIpc) is 3.26. The summed E-state index contributed by atoms with van der Waals surface area (Å²) in [5.74, 6) is 1.97. The summed E-state index contributed by atoms with van der Waals surface area (Å²) >= 11 is 5.98. The fourth-order valence-electron chi connectivity index (χ4n) is 4.37. The average molecular weight is 490 g/mol. The Morgan fingerprint density at radius 3 is 2.51 bits per heavy atom. The first kappa shape index (κ1) is 21.6. The molecule has 3 aromatic carbocycles. The van der Waals surface area contributed by atoms with Crippen molar-refractivity contribution < 1.29 is 28.5 Å². The van der Waals surface area contributed by atoms with Gasteiger partial charge < -0.3 is 23.7 Å². The van der Waals surface area contributed by atoms with Gasteiger partial charge in [0.1, 0.15) is 26.4 Å². The summed E-state index contributed by atoms with van der Waals surface area (Å²) in [6, 6.07) is 16.8. The topological polar surface area (TPSA) is 76.1 Å². The van der Waals surface area contributed by atoms with Gasteiger partial charge in [-0.05, 0) is 41.5 Å². The SMILES string of the molecule is COc1cc2c(-c3ccc4c(c3)OCCO4)c3c(nc2cc1OCc1ccc(Cl)cc1)COC3=O. The molecule has 35 heavy (non-hydrogen) atoms. The van der Waals surface area contributed by atoms with Crippen molar-refractivity contribution in [3.05, 3.63) is 76.4 Å². The molecule has 0 fully saturated rings. The number of hydrogen-bond acceptors (Lipinski definition) is 7. The molecule has 0 N–H and O–H groups in total. The first-order valence-corrected chi connectivity index (χ1v) is 11.5. The van der Waals surface area contributed by atoms with Gasteiger partial charge in [-0.1, -0.05) is 29.8 Å². The van der Waals surface area contributed by atoms with Gasteiger partial charge in [0.25, 0.3) is 0 Å². The Labute approximate surface area is 206 Å². The van der Waals surface area contributed by atoms with Crippen molar-refractivity contribution in [2.24, 2.45) is 0 Å². The third-order valence-corrected chi connectivity index (χ3v) is 6.28. The van der Waals surface area contributed by atoms with E-state index >= 15 is 0 Å². The van der Waals surface area contributed by atoms with E-state index in [0.29, 0.717) is 70.2 Å². The van der Waals surface area contributed by atoms with E-state index in [1.165, 1.54) is 0 Å². The minimum absolute atomic E-state index is 0.120. The quantitative estimate of drug-likeness (QED) is 0.338. The third kappa shape index (κ3) is 3.88. The molecular formula is C27H20ClNO6. The molecule has 0 atom stereocenters. The Morgan fingerprint density at radius 1 is 0.914 bits per heavy atom. The van der Waals surface area contributed by atoms with Crippen molar-refractivity contribution in [2.45, 2.75) is 13.2 Å². The van der Waals surface area contributed by atoms with E-state index in [9.17, 15) is 4.79 Å². The minimum Gasteiger partial charge on any atom is -0.493 e. The highest BCUT2D eigenvalue weighted by Gasteiger charge is 2.30. The number of carbonyl (C=O) groups excluding carboxylic acids is 1. The second kappa shape index (κ2) is 8.67. The highest BCUT2D eigenvalue weighted by atomic mass is 35.5. The lowest BCUT2D eigenvalue weighted by atomic mass is 9.94. The summed E-state index contributed by atoms with van der Waals surface area (Å²) in [6.07, 6.45) is 0. The van der Waals surface area contributed by atoms with Crippen LogP contribution in [0.2, 0.25) is 5.02 Å². The molecule has 4 aromatic rings. The zero-order valence-electron chi connectivity index (χ0n) is 18.8. The lowest BCUT2D eigenvalue weighted by Gasteiger charge is -2.20. The summed E-state index contributed by atoms with van der Waals surface area (Å²) < 4.78 is 28.5. The second-order valence-corrected chi connectivity index (χ2v) is 8.61. The molecule has 0 amide bonds. The zero-order valence-corrected chi connectivity index (χ0v) is 19.6. The van der Waals surface area contributed by atoms with E-state index in [1.54, 1.807) is 7.11 Å². The number of esters is 1. The molecule has 8 heteroatoms. The van der Waals surface area contributed by atoms with Crippen LogP contribution in [0.15, 0.2) is 54.6 Å². The summed E-state index contributed by atoms with van der Waals surface area (Å²) in [4.78, 5) is 17.4. The number of pyridine rings is 1. The second-order valence-electron chi connectivity index (χ2n) is 8.18. The number of rotatable bonds is 5. The molecule has 1 aromatic heterocycles. The van der Waals surface area contributed by atoms with Crippen molar-refractivity contribution in [2.75, 3.05) is 20.3 Å². The standard InChI is InChI=1S/C27H20ClNO6/c1-31-22-11-18-19(12-24(22)34-13-15-2-5-17(28)6-3-15)29-20-14-35-27(30)26(20)25(18)16-4-7-21-23(10-16)33-9-8-32-21/h2-7,10-12H,8-9,13-14H2,1H3. The molecule has 6 rings (SSSR count).